The van der Waals surface area contributed by atoms with Gasteiger partial charge < -0.3 is 54.8 Å². The van der Waals surface area contributed by atoms with Crippen molar-refractivity contribution >= 4 is 168 Å². The molecule has 16 rings (SSSR count). The maximum absolute atomic E-state index is 13.6. The molecule has 7 amide bonds. The number of aromatic nitrogens is 4. The van der Waals surface area contributed by atoms with Gasteiger partial charge in [-0.2, -0.15) is 38.4 Å². The minimum absolute atomic E-state index is 0. The second-order valence-electron chi connectivity index (χ2n) is 36.8. The molecule has 2 radical (unpaired) electrons. The SMILES string of the molecule is CCCCc1c(C)c2n3c1C=c1[nH]c(c(CCCC)c1C)=CC1=[N+]4C(=CC5=[N+](C(=C2)C(CCC(=O)OCC)=C5C)C34)C(CCC(=O)NCCCC(=O)CCN2C(=O)CC([S-])C2=O)=C1C.CCCCc1c(C)c2n3c1C=c1[nH]c(c(CCCC)c1C)=CC1=[N+]4C(=CC5=[N+](C(=C2)C(CCC(=O)OCC)=C5C)C34)C(CCC(=O)NOCCOCCONC(=O)CCN2C(=O)CC([S-])C2=O)=C1C.O=C=O.O=C=O.O=C=O.O=C=O.[Y].[Y]. The van der Waals surface area contributed by atoms with E-state index in [1.807, 2.05) is 13.8 Å². The number of hydrogen-bond donors (Lipinski definition) is 5. The number of esters is 2. The number of imide groups is 2. The van der Waals surface area contributed by atoms with Crippen molar-refractivity contribution in [2.75, 3.05) is 59.3 Å². The van der Waals surface area contributed by atoms with Gasteiger partial charge in [0, 0.05) is 233 Å². The average molecular weight is 2210 g/mol. The van der Waals surface area contributed by atoms with Crippen molar-refractivity contribution in [1.29, 1.82) is 0 Å². The summed E-state index contributed by atoms with van der Waals surface area (Å²) in [5.41, 5.74) is 38.0. The van der Waals surface area contributed by atoms with Crippen molar-refractivity contribution in [1.82, 2.24) is 45.2 Å². The van der Waals surface area contributed by atoms with Crippen LogP contribution in [0, 0.1) is 27.7 Å². The normalized spacial score (nSPS) is 17.4. The number of fused-ring (bicyclic) bond motifs is 4. The quantitative estimate of drug-likeness (QED) is 0.00708. The summed E-state index contributed by atoms with van der Waals surface area (Å²) in [6.07, 6.45) is 35.6. The zero-order valence-corrected chi connectivity index (χ0v) is 93.4. The maximum Gasteiger partial charge on any atom is 0.446 e. The summed E-state index contributed by atoms with van der Waals surface area (Å²) in [5, 5.41) is 6.04. The van der Waals surface area contributed by atoms with Gasteiger partial charge in [0.25, 0.3) is 0 Å². The number of likely N-dealkylation sites (tertiary alicyclic amines) is 2. The van der Waals surface area contributed by atoms with E-state index in [1.54, 1.807) is 0 Å². The van der Waals surface area contributed by atoms with Crippen molar-refractivity contribution in [3.05, 3.63) is 168 Å². The number of ketones is 1. The Morgan fingerprint density at radius 2 is 0.721 bits per heavy atom. The number of nitrogens with one attached hydrogen (secondary N) is 5. The first-order valence-corrected chi connectivity index (χ1v) is 50.8. The molecule has 16 heterocycles. The van der Waals surface area contributed by atoms with E-state index in [0.29, 0.717) is 64.7 Å². The Morgan fingerprint density at radius 3 is 1.07 bits per heavy atom. The molecular weight excluding hydrogens is 2080 g/mol. The van der Waals surface area contributed by atoms with E-state index in [2.05, 4.69) is 185 Å². The summed E-state index contributed by atoms with van der Waals surface area (Å²) in [6.45, 7) is 31.9. The summed E-state index contributed by atoms with van der Waals surface area (Å²) in [7, 11) is 0. The fourth-order valence-corrected chi connectivity index (χ4v) is 21.5. The average Bonchev–Trinajstić information content (AvgIpc) is 1.52. The molecule has 2 saturated heterocycles. The molecule has 776 valence electrons. The van der Waals surface area contributed by atoms with Crippen molar-refractivity contribution < 1.29 is 194 Å². The summed E-state index contributed by atoms with van der Waals surface area (Å²) in [6, 6.07) is 0. The minimum atomic E-state index is -0.773. The number of allylic oxidation sites excluding steroid dienone is 10. The maximum atomic E-state index is 13.6. The van der Waals surface area contributed by atoms with Crippen molar-refractivity contribution in [3.8, 4) is 0 Å². The molecule has 4 bridgehead atoms. The molecular formula is C107H129N13O23S2Y2+2. The van der Waals surface area contributed by atoms with Crippen LogP contribution in [-0.2, 0) is 227 Å². The number of unbranched alkanes of at least 4 members (excludes halogenated alkanes) is 4. The van der Waals surface area contributed by atoms with E-state index < -0.39 is 28.2 Å². The van der Waals surface area contributed by atoms with Gasteiger partial charge >= 0.3 is 49.1 Å². The third-order valence-electron chi connectivity index (χ3n) is 28.2. The molecule has 12 aliphatic rings. The standard InChI is InChI=1S/C52H65N7O9S.C51H62N6O6S.4CO2.2Y/c1-8-11-13-34-30(4)38-25-43-35(14-12-9-2)31(5)41-27-45-37(16-18-50(63)66-10-3)33(7)42-28-44-36(32(6)40(26-39(34)53-38)57(44)52(58(41)43)59(42)45)15-17-47(60)54-67-23-21-65-22-24-68-55-48(61)19-20-56-49(62)29-46(69)51(56)64;1-8-11-15-34-29(4)38-24-43-35(16-12-9-2)30(5)41-26-45-37(18-20-49(61)63-10-3)32(7)42-27-44-36(31(6)40(25-39(34)53-38)55(44)51(56(41)43)57(42)45)17-19-47(59)52-22-13-14-33(58)21-23-54-48(60)28-46(64)50(54)62;4*2-1-3;;/h25-28,46,52H,8-24,29H2,1-7H3,(H2-,54,55,60,61,69);24-27,46,51H,8-23,28H2,1-7H3,(H-,52,59,64);;;;;;/p+2. The van der Waals surface area contributed by atoms with Gasteiger partial charge in [0.15, 0.2) is 0 Å². The Bertz CT molecular complexity index is 6680. The van der Waals surface area contributed by atoms with Crippen LogP contribution in [0.3, 0.4) is 0 Å². The molecule has 2 fully saturated rings. The largest absolute Gasteiger partial charge is 0.779 e. The molecule has 4 atom stereocenters. The number of rotatable bonds is 44. The third-order valence-corrected chi connectivity index (χ3v) is 28.9. The first-order chi connectivity index (χ1) is 69.7. The molecule has 4 aromatic heterocycles. The van der Waals surface area contributed by atoms with Crippen LogP contribution in [0.2, 0.25) is 0 Å². The zero-order valence-electron chi connectivity index (χ0n) is 86.1. The predicted octanol–water partition coefficient (Wildman–Crippen LogP) is 7.65. The van der Waals surface area contributed by atoms with Crippen molar-refractivity contribution in [2.24, 2.45) is 0 Å². The molecule has 40 heteroatoms. The summed E-state index contributed by atoms with van der Waals surface area (Å²) in [5.74, 6) is -2.81. The van der Waals surface area contributed by atoms with Crippen LogP contribution in [0.15, 0.2) is 79.5 Å². The zero-order chi connectivity index (χ0) is 105. The topological polar surface area (TPSA) is 449 Å². The molecule has 4 aromatic rings. The Kier molecular flexibility index (Phi) is 45.4. The number of nitrogens with zero attached hydrogens (tertiary/aromatic N) is 8. The number of H-pyrrole nitrogens is 2. The fourth-order valence-electron chi connectivity index (χ4n) is 20.9. The molecule has 36 nitrogen and oxygen atoms in total. The molecule has 0 spiro atoms. The minimum Gasteiger partial charge on any atom is -0.779 e. The summed E-state index contributed by atoms with van der Waals surface area (Å²) >= 11 is 10.0. The molecule has 0 saturated carbocycles. The number of carbonyl (C=O) groups excluding carboxylic acids is 18. The van der Waals surface area contributed by atoms with Gasteiger partial charge in [-0.05, 0) is 209 Å². The van der Waals surface area contributed by atoms with Gasteiger partial charge in [-0.15, -0.1) is 18.3 Å². The summed E-state index contributed by atoms with van der Waals surface area (Å²) in [4.78, 5) is 211. The second-order valence-corrected chi connectivity index (χ2v) is 37.9. The first-order valence-electron chi connectivity index (χ1n) is 49.8. The van der Waals surface area contributed by atoms with Crippen molar-refractivity contribution in [2.45, 2.75) is 287 Å². The molecule has 0 aromatic carbocycles. The number of carbonyl (C=O) groups is 10. The van der Waals surface area contributed by atoms with Crippen LogP contribution in [0.1, 0.15) is 290 Å². The van der Waals surface area contributed by atoms with Crippen LogP contribution < -0.4 is 37.7 Å². The third kappa shape index (κ3) is 26.5. The molecule has 5 N–H and O–H groups in total. The molecule has 147 heavy (non-hydrogen) atoms. The van der Waals surface area contributed by atoms with E-state index >= 15 is 0 Å². The second kappa shape index (κ2) is 55.9. The first kappa shape index (κ1) is 119. The van der Waals surface area contributed by atoms with Crippen LogP contribution in [0.4, 0.5) is 0 Å². The number of ether oxygens (including phenoxy) is 3. The van der Waals surface area contributed by atoms with Crippen LogP contribution >= 0.6 is 0 Å². The summed E-state index contributed by atoms with van der Waals surface area (Å²) < 4.78 is 31.3. The van der Waals surface area contributed by atoms with Gasteiger partial charge in [-0.1, -0.05) is 63.9 Å². The Balaban J connectivity index is 0.000000292. The Morgan fingerprint density at radius 1 is 0.388 bits per heavy atom. The van der Waals surface area contributed by atoms with Crippen molar-refractivity contribution in [3.63, 3.8) is 0 Å². The van der Waals surface area contributed by atoms with E-state index in [1.165, 1.54) is 67.3 Å². The number of hydrogen-bond acceptors (Lipinski definition) is 25. The Hall–Kier alpha value is -11.2. The molecule has 0 aliphatic carbocycles. The predicted molar refractivity (Wildman–Crippen MR) is 531 cm³/mol. The van der Waals surface area contributed by atoms with E-state index in [9.17, 15) is 47.9 Å². The number of amides is 7. The van der Waals surface area contributed by atoms with E-state index in [4.69, 9.17) is 87.5 Å². The number of aromatic amines is 2. The van der Waals surface area contributed by atoms with Crippen LogP contribution in [-0.4, -0.2) is 224 Å². The van der Waals surface area contributed by atoms with Gasteiger partial charge in [-0.25, -0.2) is 20.1 Å². The molecule has 12 aliphatic heterocycles. The van der Waals surface area contributed by atoms with Gasteiger partial charge in [0.05, 0.1) is 74.6 Å². The number of hydroxylamine groups is 2. The van der Waals surface area contributed by atoms with Crippen LogP contribution in [0.25, 0.3) is 36.5 Å². The number of Topliss-reactive ketones (excluding diaryl/α,β-unsaturated/α-hetero) is 1. The van der Waals surface area contributed by atoms with Crippen LogP contribution in [0.5, 0.6) is 0 Å². The van der Waals surface area contributed by atoms with E-state index in [-0.39, 0.29) is 228 Å². The molecule has 4 unspecified atom stereocenters. The van der Waals surface area contributed by atoms with Gasteiger partial charge in [-0.3, -0.25) is 67.4 Å². The van der Waals surface area contributed by atoms with Gasteiger partial charge in [0.1, 0.15) is 5.78 Å². The van der Waals surface area contributed by atoms with E-state index in [0.717, 1.165) is 198 Å². The van der Waals surface area contributed by atoms with Gasteiger partial charge in [0.2, 0.25) is 87.0 Å². The smallest absolute Gasteiger partial charge is 0.446 e. The monoisotopic (exact) mass is 2210 g/mol. The Labute approximate surface area is 914 Å². The fraction of sp³-hybridized carbons (Fsp3) is 0.495.